The summed E-state index contributed by atoms with van der Waals surface area (Å²) in [4.78, 5) is 3.86. The second-order valence-electron chi connectivity index (χ2n) is 1.92. The molecule has 0 bridgehead atoms. The van der Waals surface area contributed by atoms with Gasteiger partial charge < -0.3 is 5.73 Å². The monoisotopic (exact) mass is 159 g/mol. The van der Waals surface area contributed by atoms with Gasteiger partial charge in [-0.3, -0.25) is 5.84 Å². The lowest BCUT2D eigenvalue weighted by Crippen LogP contribution is -2.50. The number of hydrogen-bond donors (Lipinski definition) is 2. The van der Waals surface area contributed by atoms with Crippen molar-refractivity contribution >= 4 is 17.4 Å². The Hall–Kier alpha value is -1.03. The normalized spacial score (nSPS) is 9.80. The Bertz CT molecular complexity index is 237. The summed E-state index contributed by atoms with van der Waals surface area (Å²) in [6, 6.07) is 1.49. The van der Waals surface area contributed by atoms with Gasteiger partial charge in [-0.1, -0.05) is 4.98 Å². The molecule has 0 radical (unpaired) electrons. The Labute approximate surface area is 63.4 Å². The molecule has 0 unspecified atom stereocenters. The third-order valence-corrected chi connectivity index (χ3v) is 1.36. The van der Waals surface area contributed by atoms with Gasteiger partial charge in [-0.15, -0.1) is 4.68 Å². The van der Waals surface area contributed by atoms with Crippen molar-refractivity contribution < 1.29 is 4.68 Å². The standard InChI is InChI=1S/C5H7ClN4/c1-3-9-4(6)2-5(7)10(3)8/h2,7H,8H2,1H3/p+1. The van der Waals surface area contributed by atoms with Gasteiger partial charge in [0.15, 0.2) is 0 Å². The van der Waals surface area contributed by atoms with Crippen LogP contribution >= 0.6 is 11.6 Å². The SMILES string of the molecule is Cc1nc(Cl)cc(N)[n+]1N. The van der Waals surface area contributed by atoms with Gasteiger partial charge in [0.1, 0.15) is 0 Å². The van der Waals surface area contributed by atoms with Gasteiger partial charge in [-0.2, -0.15) is 0 Å². The molecular formula is C5H8ClN4+. The van der Waals surface area contributed by atoms with Crippen LogP contribution in [0, 0.1) is 6.92 Å². The van der Waals surface area contributed by atoms with E-state index in [2.05, 4.69) is 4.98 Å². The first-order chi connectivity index (χ1) is 4.61. The van der Waals surface area contributed by atoms with E-state index in [4.69, 9.17) is 23.2 Å². The van der Waals surface area contributed by atoms with E-state index in [1.807, 2.05) is 0 Å². The fraction of sp³-hybridized carbons (Fsp3) is 0.200. The highest BCUT2D eigenvalue weighted by atomic mass is 35.5. The minimum atomic E-state index is 0.358. The van der Waals surface area contributed by atoms with Crippen LogP contribution in [0.4, 0.5) is 5.82 Å². The average molecular weight is 160 g/mol. The molecule has 1 rings (SSSR count). The molecule has 54 valence electrons. The molecule has 0 fully saturated rings. The highest BCUT2D eigenvalue weighted by molar-refractivity contribution is 6.29. The Balaban J connectivity index is 3.31. The number of halogens is 1. The van der Waals surface area contributed by atoms with E-state index in [1.165, 1.54) is 10.7 Å². The average Bonchev–Trinajstić information content (AvgIpc) is 1.82. The molecule has 1 heterocycles. The summed E-state index contributed by atoms with van der Waals surface area (Å²) < 4.78 is 1.27. The Morgan fingerprint density at radius 3 is 2.80 bits per heavy atom. The molecule has 4 N–H and O–H groups in total. The molecule has 1 aromatic rings. The first kappa shape index (κ1) is 7.08. The van der Waals surface area contributed by atoms with Gasteiger partial charge in [0.05, 0.1) is 6.07 Å². The predicted octanol–water partition coefficient (Wildman–Crippen LogP) is -0.373. The number of nitrogens with zero attached hydrogens (tertiary/aromatic N) is 2. The van der Waals surface area contributed by atoms with Crippen LogP contribution in [-0.4, -0.2) is 4.98 Å². The molecule has 0 aliphatic rings. The zero-order valence-corrected chi connectivity index (χ0v) is 6.26. The number of nitrogen functional groups attached to an aromatic ring is 2. The van der Waals surface area contributed by atoms with Crippen LogP contribution in [-0.2, 0) is 0 Å². The molecule has 0 aromatic carbocycles. The molecule has 0 atom stereocenters. The van der Waals surface area contributed by atoms with Gasteiger partial charge in [0, 0.05) is 6.92 Å². The smallest absolute Gasteiger partial charge is 0.258 e. The minimum Gasteiger partial charge on any atom is -0.317 e. The van der Waals surface area contributed by atoms with Crippen LogP contribution in [0.5, 0.6) is 0 Å². The number of nitrogens with two attached hydrogens (primary N) is 2. The molecule has 0 amide bonds. The van der Waals surface area contributed by atoms with E-state index in [9.17, 15) is 0 Å². The second-order valence-corrected chi connectivity index (χ2v) is 2.31. The molecule has 0 saturated heterocycles. The molecule has 10 heavy (non-hydrogen) atoms. The molecule has 0 aliphatic heterocycles. The maximum Gasteiger partial charge on any atom is 0.258 e. The van der Waals surface area contributed by atoms with Crippen LogP contribution in [0.3, 0.4) is 0 Å². The lowest BCUT2D eigenvalue weighted by atomic mass is 10.5. The van der Waals surface area contributed by atoms with Gasteiger partial charge in [0.25, 0.3) is 5.82 Å². The van der Waals surface area contributed by atoms with Crippen molar-refractivity contribution in [1.29, 1.82) is 0 Å². The summed E-state index contributed by atoms with van der Waals surface area (Å²) in [5, 5.41) is 0.358. The zero-order valence-electron chi connectivity index (χ0n) is 5.50. The number of aromatic nitrogens is 2. The zero-order chi connectivity index (χ0) is 7.72. The number of hydrogen-bond acceptors (Lipinski definition) is 3. The molecule has 4 nitrogen and oxygen atoms in total. The highest BCUT2D eigenvalue weighted by Crippen LogP contribution is 2.04. The van der Waals surface area contributed by atoms with Crippen LogP contribution in [0.25, 0.3) is 0 Å². The van der Waals surface area contributed by atoms with Crippen molar-refractivity contribution in [3.8, 4) is 0 Å². The van der Waals surface area contributed by atoms with Crippen LogP contribution in [0.2, 0.25) is 5.15 Å². The summed E-state index contributed by atoms with van der Waals surface area (Å²) in [6.45, 7) is 1.72. The van der Waals surface area contributed by atoms with Crippen molar-refractivity contribution in [2.24, 2.45) is 0 Å². The van der Waals surface area contributed by atoms with Crippen molar-refractivity contribution in [3.05, 3.63) is 17.0 Å². The summed E-state index contributed by atoms with van der Waals surface area (Å²) in [7, 11) is 0. The number of anilines is 1. The van der Waals surface area contributed by atoms with Crippen LogP contribution in [0.15, 0.2) is 6.07 Å². The second kappa shape index (κ2) is 2.30. The molecule has 5 heteroatoms. The van der Waals surface area contributed by atoms with Crippen molar-refractivity contribution in [1.82, 2.24) is 4.98 Å². The Kier molecular flexibility index (Phi) is 1.63. The first-order valence-corrected chi connectivity index (χ1v) is 3.09. The van der Waals surface area contributed by atoms with E-state index in [1.54, 1.807) is 6.92 Å². The van der Waals surface area contributed by atoms with Gasteiger partial charge in [-0.25, -0.2) is 0 Å². The summed E-state index contributed by atoms with van der Waals surface area (Å²) in [5.41, 5.74) is 5.44. The van der Waals surface area contributed by atoms with E-state index in [0.29, 0.717) is 16.8 Å². The lowest BCUT2D eigenvalue weighted by molar-refractivity contribution is -0.633. The third-order valence-electron chi connectivity index (χ3n) is 1.16. The van der Waals surface area contributed by atoms with Crippen molar-refractivity contribution in [2.75, 3.05) is 11.6 Å². The fourth-order valence-electron chi connectivity index (χ4n) is 0.619. The molecular weight excluding hydrogens is 152 g/mol. The molecule has 0 spiro atoms. The predicted molar refractivity (Wildman–Crippen MR) is 38.7 cm³/mol. The van der Waals surface area contributed by atoms with Crippen LogP contribution in [0.1, 0.15) is 5.82 Å². The Morgan fingerprint density at radius 1 is 1.70 bits per heavy atom. The van der Waals surface area contributed by atoms with Crippen molar-refractivity contribution in [2.45, 2.75) is 6.92 Å². The fourth-order valence-corrected chi connectivity index (χ4v) is 0.853. The largest absolute Gasteiger partial charge is 0.317 e. The summed E-state index contributed by atoms with van der Waals surface area (Å²) in [5.74, 6) is 6.41. The summed E-state index contributed by atoms with van der Waals surface area (Å²) >= 11 is 5.56. The van der Waals surface area contributed by atoms with E-state index in [0.717, 1.165) is 0 Å². The number of aryl methyl sites for hydroxylation is 1. The minimum absolute atomic E-state index is 0.358. The highest BCUT2D eigenvalue weighted by Gasteiger charge is 2.07. The lowest BCUT2D eigenvalue weighted by Gasteiger charge is -1.97. The maximum absolute atomic E-state index is 5.56. The molecule has 0 aliphatic carbocycles. The van der Waals surface area contributed by atoms with Crippen molar-refractivity contribution in [3.63, 3.8) is 0 Å². The molecule has 0 saturated carbocycles. The number of rotatable bonds is 0. The summed E-state index contributed by atoms with van der Waals surface area (Å²) in [6.07, 6.45) is 0. The molecule has 1 aromatic heterocycles. The topological polar surface area (TPSA) is 68.8 Å². The van der Waals surface area contributed by atoms with Gasteiger partial charge in [-0.05, 0) is 11.6 Å². The van der Waals surface area contributed by atoms with Gasteiger partial charge >= 0.3 is 0 Å². The van der Waals surface area contributed by atoms with E-state index in [-0.39, 0.29) is 0 Å². The maximum atomic E-state index is 5.56. The van der Waals surface area contributed by atoms with E-state index >= 15 is 0 Å². The first-order valence-electron chi connectivity index (χ1n) is 2.71. The Morgan fingerprint density at radius 2 is 2.30 bits per heavy atom. The third kappa shape index (κ3) is 1.11. The van der Waals surface area contributed by atoms with Gasteiger partial charge in [0.2, 0.25) is 11.0 Å². The van der Waals surface area contributed by atoms with E-state index < -0.39 is 0 Å². The van der Waals surface area contributed by atoms with Crippen LogP contribution < -0.4 is 16.3 Å². The quantitative estimate of drug-likeness (QED) is 0.308.